The molecule has 19 N–H and O–H groups in total. The number of aryl methyl sites for hydroxylation is 1. The lowest BCUT2D eigenvalue weighted by molar-refractivity contribution is -0.374. The van der Waals surface area contributed by atoms with Crippen LogP contribution in [0.15, 0.2) is 73.9 Å². The zero-order chi connectivity index (χ0) is 105. The van der Waals surface area contributed by atoms with E-state index < -0.39 is 228 Å². The van der Waals surface area contributed by atoms with Crippen molar-refractivity contribution in [2.75, 3.05) is 80.4 Å². The molecule has 4 fully saturated rings. The highest BCUT2D eigenvalue weighted by molar-refractivity contribution is 7.82. The first kappa shape index (κ1) is 112. The molecule has 2 aromatic carbocycles. The van der Waals surface area contributed by atoms with Crippen LogP contribution in [0.2, 0.25) is 0 Å². The normalized spacial score (nSPS) is 23.1. The van der Waals surface area contributed by atoms with Gasteiger partial charge in [0.2, 0.25) is 24.0 Å². The van der Waals surface area contributed by atoms with Crippen LogP contribution < -0.4 is 53.7 Å². The van der Waals surface area contributed by atoms with Gasteiger partial charge < -0.3 is 84.9 Å². The summed E-state index contributed by atoms with van der Waals surface area (Å²) in [5, 5.41) is 38.3. The van der Waals surface area contributed by atoms with Crippen molar-refractivity contribution in [1.82, 2.24) is 44.6 Å². The molecule has 63 nitrogen and oxygen atoms in total. The van der Waals surface area contributed by atoms with Gasteiger partial charge in [0.1, 0.15) is 55.5 Å². The Balaban J connectivity index is 0.000000212. The van der Waals surface area contributed by atoms with Gasteiger partial charge in [0, 0.05) is 72.6 Å². The lowest BCUT2D eigenvalue weighted by Crippen LogP contribution is -2.65. The molecule has 1 unspecified atom stereocenters. The van der Waals surface area contributed by atoms with E-state index in [2.05, 4.69) is 71.2 Å². The van der Waals surface area contributed by atoms with Crippen molar-refractivity contribution in [3.05, 3.63) is 130 Å². The first-order chi connectivity index (χ1) is 65.4. The average Bonchev–Trinajstić information content (AvgIpc) is 1.59. The fourth-order valence-electron chi connectivity index (χ4n) is 15.5. The standard InChI is InChI=1S/C33H38N4O6.C20H23N7O7.C12H22O35S8.C4H3FN2O2/c1-3-22-23-16-21(43-32(40)36-14-10-20(11-15-36)35-12-6-5-7-13-35)8-9-27(23)34-29-24(22)18-37-28(29)17-26-25(30(37)38)19-42-31(39)33(26,41)4-2;21-20-25-16-15(18(32)26-20)27(9-28)12(8-23-16)7-22-11-3-1-10(2-4-11)17(31)24-13(19(33)34)5-6-14(29)30;13-48(14,15)37-1-4-6(43-51(22,23)24)8(45-53(28,29)30)9(46-54(31,32)33)11(40-4)42-12(3-39-50(19,20)21)10(47-55(34,35)36)7(44-52(25,26)27)5(41-12)2-38-49(16,17)18;5-2-1-6-4(9)7-3(2)8/h8-9,16-17,20,41H,3-7,10-15,18-19H2,1-2H3;1-4,9,12-13,22H,5-8H2,(H,24,31)(H,29,30)(H,33,34)(H4,21,23,25,26,32);4-11H,1-3H2,(H,13,14,15)(H,16,17,18)(H,19,20,21)(H,22,23,24)(H,25,26,27)(H,28,29,30)(H,31,32,33)(H,34,35,36);1H,(H2,6,7,8,9)/t33-;12?,13-;4-,5-,6-,7-,8+,9-,10+,11-,12+;/m001./s1. The number of benzene rings is 2. The second kappa shape index (κ2) is 44.9. The van der Waals surface area contributed by atoms with Crippen LogP contribution >= 0.6 is 0 Å². The molecule has 0 spiro atoms. The molecular weight excluding hydrogens is 2090 g/mol. The van der Waals surface area contributed by atoms with E-state index in [1.165, 1.54) is 49.4 Å². The lowest BCUT2D eigenvalue weighted by Gasteiger charge is -2.45. The number of aliphatic hydroxyl groups is 1. The van der Waals surface area contributed by atoms with Crippen molar-refractivity contribution < 1.29 is 209 Å². The number of nitrogen functional groups attached to an aromatic ring is 1. The number of H-pyrrole nitrogens is 3. The maximum Gasteiger partial charge on any atom is 0.415 e. The SMILES string of the molecule is CCc1c2c(nc3ccc(OC(=O)N4CCC(N5CCCCC5)CC4)cc13)-c1cc3c(c(=O)n1C2)COC(=O)[C@]3(O)CC.Nc1nc2c(c(=O)[nH]1)N(C=O)C(CNc1ccc(C(=O)N[C@@H](CCC(=O)O)C(=O)O)cc1)CN2.O=S(=O)(O)OC[C@H]1O[C@@](COS(=O)(=O)O)(O[C@H]2O[C@H](COS(=O)(=O)O)[C@@H](OS(=O)(=O)O)[C@H](OS(=O)(=O)O)[C@H]2OS(=O)(=O)O)[C@@H](OS(=O)(=O)O)[C@@H]1OS(=O)(=O)O.O=c1[nH]cc(F)c(=O)[nH]1. The monoisotopic (exact) mass is 2170 g/mol. The number of nitrogens with zero attached hydrogens (tertiary/aromatic N) is 6. The van der Waals surface area contributed by atoms with Gasteiger partial charge in [0.25, 0.3) is 22.6 Å². The lowest BCUT2D eigenvalue weighted by atomic mass is 9.86. The van der Waals surface area contributed by atoms with E-state index in [4.69, 9.17) is 48.6 Å². The van der Waals surface area contributed by atoms with Crippen LogP contribution in [0.1, 0.15) is 97.8 Å². The number of carbonyl (C=O) groups excluding carboxylic acids is 4. The van der Waals surface area contributed by atoms with Crippen molar-refractivity contribution in [3.63, 3.8) is 0 Å². The van der Waals surface area contributed by atoms with Crippen LogP contribution in [0.5, 0.6) is 5.75 Å². The number of carboxylic acid groups (broad SMARTS) is 2. The number of anilines is 4. The van der Waals surface area contributed by atoms with E-state index in [0.29, 0.717) is 85.2 Å². The summed E-state index contributed by atoms with van der Waals surface area (Å²) in [5.74, 6) is -8.38. The molecule has 4 saturated heterocycles. The van der Waals surface area contributed by atoms with E-state index in [1.54, 1.807) is 40.7 Å². The third-order valence-electron chi connectivity index (χ3n) is 21.5. The van der Waals surface area contributed by atoms with Crippen LogP contribution in [0.3, 0.4) is 0 Å². The van der Waals surface area contributed by atoms with E-state index >= 15 is 0 Å². The summed E-state index contributed by atoms with van der Waals surface area (Å²) in [4.78, 5) is 138. The fraction of sp³-hybridized carbons (Fsp3) is 0.507. The van der Waals surface area contributed by atoms with Crippen LogP contribution in [-0.4, -0.2) is 327 Å². The number of amides is 3. The molecule has 0 saturated carbocycles. The number of halogens is 1. The topological polar surface area (TPSA) is 936 Å². The third-order valence-corrected chi connectivity index (χ3v) is 25.1. The molecule has 782 valence electrons. The quantitative estimate of drug-likeness (QED) is 0.0102. The second-order valence-corrected chi connectivity index (χ2v) is 39.3. The number of fused-ring (bicyclic) bond motifs is 6. The van der Waals surface area contributed by atoms with Crippen LogP contribution in [0.4, 0.5) is 32.3 Å². The number of hydrogen-bond acceptors (Lipinski definition) is 46. The number of aromatic amines is 3. The molecule has 0 aliphatic carbocycles. The van der Waals surface area contributed by atoms with Crippen molar-refractivity contribution >= 4 is 154 Å². The molecule has 3 amide bonds. The number of aromatic nitrogens is 6. The minimum atomic E-state index is -6.24. The molecule has 12 atom stereocenters. The van der Waals surface area contributed by atoms with Crippen molar-refractivity contribution in [3.8, 4) is 17.1 Å². The van der Waals surface area contributed by atoms with Crippen molar-refractivity contribution in [1.29, 1.82) is 0 Å². The molecule has 13 rings (SSSR count). The highest BCUT2D eigenvalue weighted by Crippen LogP contribution is 2.45. The number of ether oxygens (including phenoxy) is 5. The molecule has 7 aliphatic heterocycles. The van der Waals surface area contributed by atoms with Crippen LogP contribution in [0, 0.1) is 5.82 Å². The molecule has 0 bridgehead atoms. The average molecular weight is 2170 g/mol. The Morgan fingerprint density at radius 3 is 1.83 bits per heavy atom. The number of hydrogen-bond donors (Lipinski definition) is 18. The number of carbonyl (C=O) groups is 6. The summed E-state index contributed by atoms with van der Waals surface area (Å²) in [6.07, 6.45) is -19.2. The molecule has 0 radical (unpaired) electrons. The van der Waals surface area contributed by atoms with E-state index in [9.17, 15) is 157 Å². The Kier molecular flexibility index (Phi) is 35.7. The van der Waals surface area contributed by atoms with Gasteiger partial charge in [0.15, 0.2) is 35.6 Å². The molecule has 11 heterocycles. The number of aliphatic carboxylic acids is 2. The number of piperidine rings is 2. The number of nitrogens with two attached hydrogens (primary N) is 1. The summed E-state index contributed by atoms with van der Waals surface area (Å²) in [6, 6.07) is 12.1. The zero-order valence-corrected chi connectivity index (χ0v) is 78.5. The van der Waals surface area contributed by atoms with E-state index in [0.717, 1.165) is 34.9 Å². The fourth-order valence-corrected chi connectivity index (χ4v) is 18.9. The number of rotatable bonds is 35. The molecule has 6 aromatic rings. The smallest absolute Gasteiger partial charge is 0.415 e. The number of likely N-dealkylation sites (tertiary alicyclic amines) is 2. The van der Waals surface area contributed by atoms with Gasteiger partial charge in [-0.1, -0.05) is 20.3 Å². The summed E-state index contributed by atoms with van der Waals surface area (Å²) >= 11 is 0. The summed E-state index contributed by atoms with van der Waals surface area (Å²) in [6.45, 7) is 1.97. The summed E-state index contributed by atoms with van der Waals surface area (Å²) < 4.78 is 332. The zero-order valence-electron chi connectivity index (χ0n) is 72.0. The first-order valence-corrected chi connectivity index (χ1v) is 51.2. The number of pyridine rings is 2. The Bertz CT molecular complexity index is 6980. The maximum absolute atomic E-state index is 13.6. The Labute approximate surface area is 793 Å². The highest BCUT2D eigenvalue weighted by Gasteiger charge is 2.66. The van der Waals surface area contributed by atoms with Crippen LogP contribution in [-0.2, 0) is 180 Å². The van der Waals surface area contributed by atoms with Gasteiger partial charge >= 0.3 is 113 Å². The molecule has 4 aromatic heterocycles. The number of cyclic esters (lactones) is 1. The third kappa shape index (κ3) is 30.3. The van der Waals surface area contributed by atoms with Gasteiger partial charge in [-0.2, -0.15) is 76.7 Å². The molecule has 7 aliphatic rings. The molecular formula is C69H86FN13O50S8. The van der Waals surface area contributed by atoms with Gasteiger partial charge in [-0.05, 0) is 112 Å². The summed E-state index contributed by atoms with van der Waals surface area (Å²) in [5.41, 5.74) is 6.51. The second-order valence-electron chi connectivity index (χ2n) is 30.7. The van der Waals surface area contributed by atoms with Gasteiger partial charge in [-0.15, -0.1) is 0 Å². The Morgan fingerprint density at radius 2 is 1.28 bits per heavy atom. The predicted octanol–water partition coefficient (Wildman–Crippen LogP) is -4.22. The van der Waals surface area contributed by atoms with E-state index in [1.807, 2.05) is 22.0 Å². The number of carboxylic acids is 2. The van der Waals surface area contributed by atoms with Gasteiger partial charge in [-0.25, -0.2) is 57.6 Å². The van der Waals surface area contributed by atoms with Crippen LogP contribution in [0.25, 0.3) is 22.3 Å². The minimum absolute atomic E-state index is 0.0603. The Hall–Kier alpha value is -10.9. The minimum Gasteiger partial charge on any atom is -0.481 e. The van der Waals surface area contributed by atoms with Gasteiger partial charge in [0.05, 0.1) is 48.3 Å². The largest absolute Gasteiger partial charge is 0.481 e. The molecule has 72 heteroatoms. The molecule has 141 heavy (non-hydrogen) atoms. The highest BCUT2D eigenvalue weighted by atomic mass is 32.3. The Morgan fingerprint density at radius 1 is 0.688 bits per heavy atom. The van der Waals surface area contributed by atoms with Crippen molar-refractivity contribution in [2.45, 2.75) is 163 Å². The summed E-state index contributed by atoms with van der Waals surface area (Å²) in [7, 11) is -48.3. The van der Waals surface area contributed by atoms with E-state index in [-0.39, 0.29) is 60.7 Å². The maximum atomic E-state index is 13.6. The first-order valence-electron chi connectivity index (χ1n) is 40.3. The predicted molar refractivity (Wildman–Crippen MR) is 460 cm³/mol. The van der Waals surface area contributed by atoms with Crippen molar-refractivity contribution in [2.24, 2.45) is 0 Å². The number of esters is 1. The number of nitrogens with one attached hydrogen (secondary N) is 6. The van der Waals surface area contributed by atoms with Gasteiger partial charge in [-0.3, -0.25) is 75.2 Å².